The van der Waals surface area contributed by atoms with Crippen LogP contribution in [0.2, 0.25) is 0 Å². The van der Waals surface area contributed by atoms with Crippen LogP contribution in [0.3, 0.4) is 0 Å². The van der Waals surface area contributed by atoms with Gasteiger partial charge in [0.1, 0.15) is 43.2 Å². The highest BCUT2D eigenvalue weighted by Gasteiger charge is 2.51. The van der Waals surface area contributed by atoms with E-state index in [-0.39, 0.29) is 12.8 Å². The Kier molecular flexibility index (Phi) is 40.3. The molecule has 0 spiro atoms. The van der Waals surface area contributed by atoms with E-state index >= 15 is 0 Å². The van der Waals surface area contributed by atoms with Gasteiger partial charge in [-0.15, -0.1) is 0 Å². The second kappa shape index (κ2) is 42.5. The topological polar surface area (TPSA) is 210 Å². The van der Waals surface area contributed by atoms with E-state index in [0.29, 0.717) is 19.3 Å². The van der Waals surface area contributed by atoms with E-state index in [1.165, 1.54) is 173 Å². The van der Waals surface area contributed by atoms with Crippen LogP contribution in [0.5, 0.6) is 0 Å². The van der Waals surface area contributed by atoms with E-state index in [1.807, 2.05) is 0 Å². The van der Waals surface area contributed by atoms with Crippen LogP contribution >= 0.6 is 7.82 Å². The first-order valence-corrected chi connectivity index (χ1v) is 28.5. The van der Waals surface area contributed by atoms with Gasteiger partial charge in [0.15, 0.2) is 6.10 Å². The highest BCUT2D eigenvalue weighted by molar-refractivity contribution is 7.47. The van der Waals surface area contributed by atoms with Crippen LogP contribution in [0.4, 0.5) is 0 Å². The molecule has 0 radical (unpaired) electrons. The fourth-order valence-corrected chi connectivity index (χ4v) is 9.50. The molecule has 1 fully saturated rings. The second-order valence-electron chi connectivity index (χ2n) is 19.1. The van der Waals surface area contributed by atoms with E-state index in [9.17, 15) is 44.6 Å². The number of ether oxygens (including phenoxy) is 2. The Bertz CT molecular complexity index is 1200. The molecule has 1 saturated carbocycles. The predicted octanol–water partition coefficient (Wildman–Crippen LogP) is 11.8. The minimum Gasteiger partial charge on any atom is -0.462 e. The molecule has 0 bridgehead atoms. The first kappa shape index (κ1) is 62.6. The lowest BCUT2D eigenvalue weighted by molar-refractivity contribution is -0.220. The first-order valence-electron chi connectivity index (χ1n) is 27.0. The minimum atomic E-state index is -5.12. The Morgan fingerprint density at radius 3 is 1.20 bits per heavy atom. The summed E-state index contributed by atoms with van der Waals surface area (Å²) in [5.74, 6) is -1.12. The van der Waals surface area contributed by atoms with Crippen LogP contribution in [-0.2, 0) is 32.7 Å². The van der Waals surface area contributed by atoms with Crippen LogP contribution in [0, 0.1) is 0 Å². The van der Waals surface area contributed by atoms with E-state index in [0.717, 1.165) is 32.1 Å². The molecule has 14 heteroatoms. The summed E-state index contributed by atoms with van der Waals surface area (Å²) in [7, 11) is -5.12. The van der Waals surface area contributed by atoms with Gasteiger partial charge in [0, 0.05) is 12.8 Å². The lowest BCUT2D eigenvalue weighted by Gasteiger charge is -2.41. The molecule has 1 aliphatic rings. The van der Waals surface area contributed by atoms with Gasteiger partial charge in [-0.2, -0.15) is 0 Å². The molecule has 0 aromatic carbocycles. The summed E-state index contributed by atoms with van der Waals surface area (Å²) < 4.78 is 33.6. The van der Waals surface area contributed by atoms with Gasteiger partial charge in [-0.1, -0.05) is 219 Å². The zero-order valence-corrected chi connectivity index (χ0v) is 42.7. The molecular weight excluding hydrogens is 864 g/mol. The molecule has 0 heterocycles. The quantitative estimate of drug-likeness (QED) is 0.0145. The number of hydrogen-bond acceptors (Lipinski definition) is 12. The summed E-state index contributed by atoms with van der Waals surface area (Å²) in [4.78, 5) is 35.8. The third kappa shape index (κ3) is 34.0. The van der Waals surface area contributed by atoms with Crippen molar-refractivity contribution >= 4 is 19.8 Å². The number of carbonyl (C=O) groups excluding carboxylic acids is 2. The number of rotatable bonds is 46. The summed E-state index contributed by atoms with van der Waals surface area (Å²) in [6.07, 6.45) is 34.2. The molecule has 1 aliphatic carbocycles. The van der Waals surface area contributed by atoms with Crippen molar-refractivity contribution in [3.05, 3.63) is 12.2 Å². The van der Waals surface area contributed by atoms with Crippen LogP contribution in [-0.4, -0.2) is 98.3 Å². The van der Waals surface area contributed by atoms with E-state index in [2.05, 4.69) is 26.0 Å². The number of carbonyl (C=O) groups is 2. The molecule has 66 heavy (non-hydrogen) atoms. The van der Waals surface area contributed by atoms with Crippen molar-refractivity contribution in [2.45, 2.75) is 294 Å². The fraction of sp³-hybridized carbons (Fsp3) is 0.923. The summed E-state index contributed by atoms with van der Waals surface area (Å²) in [6, 6.07) is 0. The number of aliphatic hydroxyl groups excluding tert-OH is 5. The molecule has 6 N–H and O–H groups in total. The van der Waals surface area contributed by atoms with Crippen LogP contribution < -0.4 is 0 Å². The van der Waals surface area contributed by atoms with Crippen molar-refractivity contribution in [3.63, 3.8) is 0 Å². The van der Waals surface area contributed by atoms with Gasteiger partial charge in [-0.25, -0.2) is 4.57 Å². The lowest BCUT2D eigenvalue weighted by atomic mass is 9.85. The normalized spacial score (nSPS) is 21.3. The molecule has 0 amide bonds. The fourth-order valence-electron chi connectivity index (χ4n) is 8.53. The Balaban J connectivity index is 2.36. The number of aliphatic hydroxyl groups is 5. The highest BCUT2D eigenvalue weighted by Crippen LogP contribution is 2.47. The Morgan fingerprint density at radius 2 is 0.788 bits per heavy atom. The molecule has 0 saturated heterocycles. The molecule has 13 nitrogen and oxygen atoms in total. The zero-order chi connectivity index (χ0) is 48.5. The Labute approximate surface area is 401 Å². The number of esters is 2. The average Bonchev–Trinajstić information content (AvgIpc) is 3.30. The van der Waals surface area contributed by atoms with E-state index in [4.69, 9.17) is 18.5 Å². The largest absolute Gasteiger partial charge is 0.472 e. The molecule has 6 unspecified atom stereocenters. The van der Waals surface area contributed by atoms with Gasteiger partial charge in [0.2, 0.25) is 0 Å². The van der Waals surface area contributed by atoms with Crippen molar-refractivity contribution < 1.29 is 63.1 Å². The van der Waals surface area contributed by atoms with Crippen LogP contribution in [0.15, 0.2) is 12.2 Å². The summed E-state index contributed by atoms with van der Waals surface area (Å²) in [5, 5.41) is 50.3. The molecule has 8 atom stereocenters. The second-order valence-corrected chi connectivity index (χ2v) is 20.5. The van der Waals surface area contributed by atoms with Crippen LogP contribution in [0.1, 0.15) is 251 Å². The standard InChI is InChI=1S/C52H99O13P/c1-3-5-7-9-11-13-15-17-19-20-21-22-23-24-25-26-27-29-31-33-35-37-39-41-46(54)64-44(43-63-66(60,61)65-52-50(58)48(56)47(55)49(57)51(52)59)42-62-45(53)40-38-36-34-32-30-28-18-16-14-12-10-8-6-4-2/h33,35,44,47-52,55-59H,3-32,34,36-43H2,1-2H3,(H,60,61)/b35-33+/t44-,47?,48-,49?,50?,51?,52?/m1/s1. The van der Waals surface area contributed by atoms with Gasteiger partial charge in [-0.05, 0) is 32.1 Å². The molecule has 1 rings (SSSR count). The third-order valence-electron chi connectivity index (χ3n) is 12.9. The summed E-state index contributed by atoms with van der Waals surface area (Å²) in [6.45, 7) is 3.32. The first-order chi connectivity index (χ1) is 31.9. The number of unbranched alkanes of at least 4 members (excludes halogenated alkanes) is 32. The van der Waals surface area contributed by atoms with Crippen molar-refractivity contribution in [2.75, 3.05) is 13.2 Å². The number of phosphoric ester groups is 1. The van der Waals surface area contributed by atoms with Crippen molar-refractivity contribution in [1.29, 1.82) is 0 Å². The van der Waals surface area contributed by atoms with E-state index < -0.39 is 75.7 Å². The van der Waals surface area contributed by atoms with Gasteiger partial charge in [-0.3, -0.25) is 18.6 Å². The van der Waals surface area contributed by atoms with Crippen LogP contribution in [0.25, 0.3) is 0 Å². The van der Waals surface area contributed by atoms with Crippen molar-refractivity contribution in [2.24, 2.45) is 0 Å². The SMILES string of the molecule is CCCCCCCCCCCCCCCCCCCC/C=C/CCCC(=O)O[C@H](COC(=O)CCCCCCCCCCCCCCCC)COP(=O)(O)OC1C(O)C(O)C(O)[C@@H](O)C1O. The number of allylic oxidation sites excluding steroid dienone is 2. The number of hydrogen-bond donors (Lipinski definition) is 6. The van der Waals surface area contributed by atoms with Gasteiger partial charge in [0.25, 0.3) is 0 Å². The van der Waals surface area contributed by atoms with Crippen molar-refractivity contribution in [1.82, 2.24) is 0 Å². The summed E-state index contributed by atoms with van der Waals surface area (Å²) in [5.41, 5.74) is 0. The number of phosphoric acid groups is 1. The molecule has 0 aliphatic heterocycles. The Hall–Kier alpha value is -1.41. The monoisotopic (exact) mass is 963 g/mol. The van der Waals surface area contributed by atoms with E-state index in [1.54, 1.807) is 0 Å². The highest BCUT2D eigenvalue weighted by atomic mass is 31.2. The molecule has 0 aromatic rings. The zero-order valence-electron chi connectivity index (χ0n) is 41.8. The average molecular weight is 963 g/mol. The smallest absolute Gasteiger partial charge is 0.462 e. The molecular formula is C52H99O13P. The summed E-state index contributed by atoms with van der Waals surface area (Å²) >= 11 is 0. The van der Waals surface area contributed by atoms with Gasteiger partial charge >= 0.3 is 19.8 Å². The Morgan fingerprint density at radius 1 is 0.455 bits per heavy atom. The van der Waals surface area contributed by atoms with Gasteiger partial charge in [0.05, 0.1) is 6.61 Å². The maximum absolute atomic E-state index is 12.8. The third-order valence-corrected chi connectivity index (χ3v) is 13.8. The van der Waals surface area contributed by atoms with Gasteiger partial charge < -0.3 is 39.9 Å². The predicted molar refractivity (Wildman–Crippen MR) is 263 cm³/mol. The van der Waals surface area contributed by atoms with Crippen molar-refractivity contribution in [3.8, 4) is 0 Å². The maximum atomic E-state index is 12.8. The maximum Gasteiger partial charge on any atom is 0.472 e. The lowest BCUT2D eigenvalue weighted by Crippen LogP contribution is -2.64. The molecule has 390 valence electrons. The minimum absolute atomic E-state index is 0.0544. The molecule has 0 aromatic heterocycles.